The molecule has 1 aromatic carbocycles. The van der Waals surface area contributed by atoms with E-state index in [1.54, 1.807) is 19.6 Å². The fraction of sp³-hybridized carbons (Fsp3) is 0.565. The second kappa shape index (κ2) is 11.2. The second-order valence-electron chi connectivity index (χ2n) is 7.97. The number of likely N-dealkylation sites (tertiary alicyclic amines) is 1. The van der Waals surface area contributed by atoms with Crippen LogP contribution in [-0.4, -0.2) is 61.4 Å². The molecule has 1 aliphatic heterocycles. The van der Waals surface area contributed by atoms with Gasteiger partial charge in [-0.1, -0.05) is 18.9 Å². The lowest BCUT2D eigenvalue weighted by Gasteiger charge is -2.23. The number of hydrogen-bond donors (Lipinski definition) is 1. The number of benzene rings is 1. The van der Waals surface area contributed by atoms with Crippen molar-refractivity contribution in [1.29, 1.82) is 0 Å². The summed E-state index contributed by atoms with van der Waals surface area (Å²) < 4.78 is 16.5. The summed E-state index contributed by atoms with van der Waals surface area (Å²) in [6.07, 6.45) is 7.99. The third-order valence-electron chi connectivity index (χ3n) is 5.31. The van der Waals surface area contributed by atoms with Crippen LogP contribution in [0, 0.1) is 0 Å². The summed E-state index contributed by atoms with van der Waals surface area (Å²) in [5.41, 5.74) is 2.29. The zero-order valence-electron chi connectivity index (χ0n) is 17.7. The smallest absolute Gasteiger partial charge is 0.161 e. The molecular weight excluding hydrogens is 368 g/mol. The minimum Gasteiger partial charge on any atom is -0.493 e. The molecule has 2 aromatic rings. The molecule has 3 rings (SSSR count). The SMILES string of the molecule is COc1cc(CN(C)Cc2ccoc2)ccc1OC[C@H](O)CN1CCCCCC1. The van der Waals surface area contributed by atoms with Gasteiger partial charge in [0.25, 0.3) is 0 Å². The number of β-amino-alcohol motifs (C(OH)–C–C–N with tert-alkyl or cyclic N) is 1. The van der Waals surface area contributed by atoms with Crippen molar-refractivity contribution in [2.75, 3.05) is 40.4 Å². The highest BCUT2D eigenvalue weighted by molar-refractivity contribution is 5.43. The predicted octanol–water partition coefficient (Wildman–Crippen LogP) is 3.54. The Morgan fingerprint density at radius 1 is 1.07 bits per heavy atom. The molecule has 0 spiro atoms. The molecule has 1 aromatic heterocycles. The summed E-state index contributed by atoms with van der Waals surface area (Å²) in [6, 6.07) is 7.96. The first-order valence-electron chi connectivity index (χ1n) is 10.5. The molecule has 160 valence electrons. The average Bonchev–Trinajstić information content (AvgIpc) is 3.08. The average molecular weight is 403 g/mol. The van der Waals surface area contributed by atoms with Crippen molar-refractivity contribution in [3.8, 4) is 11.5 Å². The summed E-state index contributed by atoms with van der Waals surface area (Å²) in [7, 11) is 3.72. The third kappa shape index (κ3) is 7.07. The Morgan fingerprint density at radius 3 is 2.52 bits per heavy atom. The van der Waals surface area contributed by atoms with E-state index in [2.05, 4.69) is 16.8 Å². The maximum absolute atomic E-state index is 10.4. The Hall–Kier alpha value is -2.02. The minimum atomic E-state index is -0.501. The molecule has 1 aliphatic rings. The fourth-order valence-electron chi connectivity index (χ4n) is 3.85. The van der Waals surface area contributed by atoms with Crippen molar-refractivity contribution >= 4 is 0 Å². The Bertz CT molecular complexity index is 712. The van der Waals surface area contributed by atoms with Gasteiger partial charge in [0.1, 0.15) is 12.7 Å². The van der Waals surface area contributed by atoms with Gasteiger partial charge in [-0.25, -0.2) is 0 Å². The minimum absolute atomic E-state index is 0.270. The number of furan rings is 1. The molecule has 0 amide bonds. The number of aliphatic hydroxyl groups is 1. The van der Waals surface area contributed by atoms with E-state index in [-0.39, 0.29) is 6.61 Å². The first kappa shape index (κ1) is 21.7. The lowest BCUT2D eigenvalue weighted by molar-refractivity contribution is 0.0683. The van der Waals surface area contributed by atoms with Crippen LogP contribution in [0.15, 0.2) is 41.2 Å². The summed E-state index contributed by atoms with van der Waals surface area (Å²) in [5.74, 6) is 1.37. The summed E-state index contributed by atoms with van der Waals surface area (Å²) in [5, 5.41) is 10.4. The van der Waals surface area contributed by atoms with Crippen LogP contribution >= 0.6 is 0 Å². The number of nitrogens with zero attached hydrogens (tertiary/aromatic N) is 2. The molecule has 1 fully saturated rings. The van der Waals surface area contributed by atoms with E-state index in [0.29, 0.717) is 18.0 Å². The van der Waals surface area contributed by atoms with Crippen LogP contribution in [0.3, 0.4) is 0 Å². The van der Waals surface area contributed by atoms with Gasteiger partial charge in [-0.3, -0.25) is 4.90 Å². The molecule has 0 saturated carbocycles. The van der Waals surface area contributed by atoms with Crippen LogP contribution in [-0.2, 0) is 13.1 Å². The van der Waals surface area contributed by atoms with Crippen LogP contribution < -0.4 is 9.47 Å². The van der Waals surface area contributed by atoms with E-state index in [1.165, 1.54) is 25.7 Å². The van der Waals surface area contributed by atoms with E-state index in [0.717, 1.165) is 37.3 Å². The van der Waals surface area contributed by atoms with Crippen LogP contribution in [0.5, 0.6) is 11.5 Å². The van der Waals surface area contributed by atoms with E-state index in [9.17, 15) is 5.11 Å². The molecule has 1 atom stereocenters. The first-order chi connectivity index (χ1) is 14.1. The Morgan fingerprint density at radius 2 is 1.83 bits per heavy atom. The number of ether oxygens (including phenoxy) is 2. The summed E-state index contributed by atoms with van der Waals surface area (Å²) in [6.45, 7) is 4.69. The van der Waals surface area contributed by atoms with E-state index >= 15 is 0 Å². The van der Waals surface area contributed by atoms with Crippen LogP contribution in [0.2, 0.25) is 0 Å². The van der Waals surface area contributed by atoms with Crippen molar-refractivity contribution in [2.45, 2.75) is 44.9 Å². The highest BCUT2D eigenvalue weighted by Crippen LogP contribution is 2.29. The molecule has 29 heavy (non-hydrogen) atoms. The van der Waals surface area contributed by atoms with Crippen LogP contribution in [0.1, 0.15) is 36.8 Å². The van der Waals surface area contributed by atoms with E-state index < -0.39 is 6.10 Å². The molecular formula is C23H34N2O4. The molecule has 6 heteroatoms. The molecule has 0 unspecified atom stereocenters. The van der Waals surface area contributed by atoms with Crippen molar-refractivity contribution in [2.24, 2.45) is 0 Å². The van der Waals surface area contributed by atoms with E-state index in [1.807, 2.05) is 24.3 Å². The molecule has 1 saturated heterocycles. The van der Waals surface area contributed by atoms with Gasteiger partial charge >= 0.3 is 0 Å². The van der Waals surface area contributed by atoms with Gasteiger partial charge in [-0.05, 0) is 56.7 Å². The number of rotatable bonds is 10. The van der Waals surface area contributed by atoms with Crippen LogP contribution in [0.25, 0.3) is 0 Å². The van der Waals surface area contributed by atoms with Gasteiger partial charge in [-0.15, -0.1) is 0 Å². The molecule has 0 bridgehead atoms. The van der Waals surface area contributed by atoms with Crippen molar-refractivity contribution < 1.29 is 19.0 Å². The topological polar surface area (TPSA) is 58.3 Å². The molecule has 2 heterocycles. The Kier molecular flexibility index (Phi) is 8.40. The second-order valence-corrected chi connectivity index (χ2v) is 7.97. The maximum Gasteiger partial charge on any atom is 0.161 e. The highest BCUT2D eigenvalue weighted by atomic mass is 16.5. The van der Waals surface area contributed by atoms with Gasteiger partial charge in [0.2, 0.25) is 0 Å². The van der Waals surface area contributed by atoms with Gasteiger partial charge in [0.15, 0.2) is 11.5 Å². The molecule has 1 N–H and O–H groups in total. The maximum atomic E-state index is 10.4. The zero-order valence-corrected chi connectivity index (χ0v) is 17.7. The van der Waals surface area contributed by atoms with Gasteiger partial charge in [0.05, 0.1) is 19.6 Å². The lowest BCUT2D eigenvalue weighted by Crippen LogP contribution is -2.36. The Labute approximate surface area is 174 Å². The number of hydrogen-bond acceptors (Lipinski definition) is 6. The van der Waals surface area contributed by atoms with E-state index in [4.69, 9.17) is 13.9 Å². The van der Waals surface area contributed by atoms with Crippen molar-refractivity contribution in [3.63, 3.8) is 0 Å². The lowest BCUT2D eigenvalue weighted by atomic mass is 10.2. The van der Waals surface area contributed by atoms with Gasteiger partial charge < -0.3 is 23.9 Å². The molecule has 0 radical (unpaired) electrons. The quantitative estimate of drug-likeness (QED) is 0.656. The van der Waals surface area contributed by atoms with Gasteiger partial charge in [0, 0.05) is 25.2 Å². The largest absolute Gasteiger partial charge is 0.493 e. The fourth-order valence-corrected chi connectivity index (χ4v) is 3.85. The summed E-state index contributed by atoms with van der Waals surface area (Å²) in [4.78, 5) is 4.56. The third-order valence-corrected chi connectivity index (χ3v) is 5.31. The number of aliphatic hydroxyl groups excluding tert-OH is 1. The van der Waals surface area contributed by atoms with Crippen LogP contribution in [0.4, 0.5) is 0 Å². The first-order valence-corrected chi connectivity index (χ1v) is 10.5. The van der Waals surface area contributed by atoms with Crippen molar-refractivity contribution in [1.82, 2.24) is 9.80 Å². The predicted molar refractivity (Wildman–Crippen MR) is 113 cm³/mol. The zero-order chi connectivity index (χ0) is 20.5. The van der Waals surface area contributed by atoms with Gasteiger partial charge in [-0.2, -0.15) is 0 Å². The Balaban J connectivity index is 1.50. The molecule has 0 aliphatic carbocycles. The molecule has 6 nitrogen and oxygen atoms in total. The van der Waals surface area contributed by atoms with Crippen molar-refractivity contribution in [3.05, 3.63) is 47.9 Å². The highest BCUT2D eigenvalue weighted by Gasteiger charge is 2.15. The monoisotopic (exact) mass is 402 g/mol. The number of methoxy groups -OCH3 is 1. The summed E-state index contributed by atoms with van der Waals surface area (Å²) >= 11 is 0. The standard InChI is InChI=1S/C23H34N2O4/c1-24(15-20-9-12-28-17-20)14-19-7-8-22(23(13-19)27-2)29-18-21(26)16-25-10-5-3-4-6-11-25/h7-9,12-13,17,21,26H,3-6,10-11,14-16,18H2,1-2H3/t21-/m1/s1. The normalized spacial score (nSPS) is 16.6.